The van der Waals surface area contributed by atoms with E-state index in [9.17, 15) is 13.2 Å². The van der Waals surface area contributed by atoms with Crippen molar-refractivity contribution in [3.63, 3.8) is 0 Å². The lowest BCUT2D eigenvalue weighted by Gasteiger charge is -2.09. The van der Waals surface area contributed by atoms with E-state index in [2.05, 4.69) is 10.2 Å². The standard InChI is InChI=1S/C13H7F3N2O2/c14-13(15,16)9-5-2-1-4-8(9)11-17-18-12(20-11)10-6-3-7-19-10/h1-7H. The van der Waals surface area contributed by atoms with Gasteiger partial charge in [0, 0.05) is 0 Å². The first-order valence-corrected chi connectivity index (χ1v) is 5.59. The van der Waals surface area contributed by atoms with Crippen molar-refractivity contribution in [3.8, 4) is 23.1 Å². The SMILES string of the molecule is FC(F)(F)c1ccccc1-c1nnc(-c2ccco2)o1. The number of hydrogen-bond donors (Lipinski definition) is 0. The normalized spacial score (nSPS) is 11.8. The molecule has 0 atom stereocenters. The van der Waals surface area contributed by atoms with Gasteiger partial charge in [0.25, 0.3) is 5.89 Å². The van der Waals surface area contributed by atoms with Crippen LogP contribution in [0.25, 0.3) is 23.1 Å². The largest absolute Gasteiger partial charge is 0.459 e. The maximum atomic E-state index is 12.9. The lowest BCUT2D eigenvalue weighted by Crippen LogP contribution is -2.06. The Morgan fingerprint density at radius 1 is 0.900 bits per heavy atom. The van der Waals surface area contributed by atoms with Gasteiger partial charge >= 0.3 is 6.18 Å². The van der Waals surface area contributed by atoms with Crippen LogP contribution in [0.4, 0.5) is 13.2 Å². The molecule has 2 aromatic heterocycles. The van der Waals surface area contributed by atoms with Crippen LogP contribution in [0.3, 0.4) is 0 Å². The zero-order valence-corrected chi connectivity index (χ0v) is 9.89. The molecule has 102 valence electrons. The minimum Gasteiger partial charge on any atom is -0.459 e. The smallest absolute Gasteiger partial charge is 0.417 e. The van der Waals surface area contributed by atoms with E-state index >= 15 is 0 Å². The Labute approximate surface area is 110 Å². The van der Waals surface area contributed by atoms with Gasteiger partial charge in [0.05, 0.1) is 17.4 Å². The van der Waals surface area contributed by atoms with Gasteiger partial charge in [0.2, 0.25) is 5.89 Å². The molecule has 0 radical (unpaired) electrons. The summed E-state index contributed by atoms with van der Waals surface area (Å²) in [6.45, 7) is 0. The number of benzene rings is 1. The van der Waals surface area contributed by atoms with Gasteiger partial charge in [-0.2, -0.15) is 13.2 Å². The second-order valence-corrected chi connectivity index (χ2v) is 3.93. The summed E-state index contributed by atoms with van der Waals surface area (Å²) in [5.41, 5.74) is -0.986. The summed E-state index contributed by atoms with van der Waals surface area (Å²) in [4.78, 5) is 0. The fourth-order valence-electron chi connectivity index (χ4n) is 1.75. The maximum absolute atomic E-state index is 12.9. The molecule has 0 saturated carbocycles. The monoisotopic (exact) mass is 280 g/mol. The maximum Gasteiger partial charge on any atom is 0.417 e. The van der Waals surface area contributed by atoms with Crippen molar-refractivity contribution in [1.29, 1.82) is 0 Å². The molecule has 0 aliphatic rings. The molecule has 0 unspecified atom stereocenters. The van der Waals surface area contributed by atoms with Crippen molar-refractivity contribution in [2.45, 2.75) is 6.18 Å². The number of rotatable bonds is 2. The fraction of sp³-hybridized carbons (Fsp3) is 0.0769. The third kappa shape index (κ3) is 2.18. The highest BCUT2D eigenvalue weighted by Gasteiger charge is 2.34. The van der Waals surface area contributed by atoms with Crippen LogP contribution in [-0.4, -0.2) is 10.2 Å². The molecule has 0 aliphatic carbocycles. The zero-order chi connectivity index (χ0) is 14.2. The van der Waals surface area contributed by atoms with E-state index in [4.69, 9.17) is 8.83 Å². The Kier molecular flexibility index (Phi) is 2.81. The first-order chi connectivity index (χ1) is 9.55. The topological polar surface area (TPSA) is 52.1 Å². The van der Waals surface area contributed by atoms with Crippen LogP contribution in [-0.2, 0) is 6.18 Å². The fourth-order valence-corrected chi connectivity index (χ4v) is 1.75. The van der Waals surface area contributed by atoms with E-state index < -0.39 is 11.7 Å². The number of furan rings is 1. The minimum absolute atomic E-state index is 0.0296. The van der Waals surface area contributed by atoms with Gasteiger partial charge in [-0.1, -0.05) is 12.1 Å². The summed E-state index contributed by atoms with van der Waals surface area (Å²) < 4.78 is 49.0. The number of alkyl halides is 3. The predicted molar refractivity (Wildman–Crippen MR) is 62.4 cm³/mol. The van der Waals surface area contributed by atoms with E-state index in [0.29, 0.717) is 5.76 Å². The van der Waals surface area contributed by atoms with Crippen LogP contribution in [0.15, 0.2) is 51.5 Å². The molecule has 0 bridgehead atoms. The lowest BCUT2D eigenvalue weighted by atomic mass is 10.1. The van der Waals surface area contributed by atoms with Gasteiger partial charge in [-0.05, 0) is 24.3 Å². The van der Waals surface area contributed by atoms with Crippen molar-refractivity contribution in [2.75, 3.05) is 0 Å². The van der Waals surface area contributed by atoms with Crippen LogP contribution in [0.5, 0.6) is 0 Å². The molecular formula is C13H7F3N2O2. The molecule has 20 heavy (non-hydrogen) atoms. The highest BCUT2D eigenvalue weighted by Crippen LogP contribution is 2.37. The highest BCUT2D eigenvalue weighted by molar-refractivity contribution is 5.60. The first-order valence-electron chi connectivity index (χ1n) is 5.59. The van der Waals surface area contributed by atoms with Crippen LogP contribution in [0, 0.1) is 0 Å². The average Bonchev–Trinajstić information content (AvgIpc) is 3.09. The molecule has 0 aliphatic heterocycles. The molecule has 0 amide bonds. The van der Waals surface area contributed by atoms with E-state index in [1.165, 1.54) is 24.5 Å². The number of nitrogens with zero attached hydrogens (tertiary/aromatic N) is 2. The summed E-state index contributed by atoms with van der Waals surface area (Å²) in [5.74, 6) is 0.125. The van der Waals surface area contributed by atoms with Crippen LogP contribution < -0.4 is 0 Å². The molecule has 0 N–H and O–H groups in total. The highest BCUT2D eigenvalue weighted by atomic mass is 19.4. The average molecular weight is 280 g/mol. The Morgan fingerprint density at radius 3 is 2.35 bits per heavy atom. The number of aromatic nitrogens is 2. The van der Waals surface area contributed by atoms with Crippen molar-refractivity contribution < 1.29 is 22.0 Å². The van der Waals surface area contributed by atoms with Crippen LogP contribution in [0.1, 0.15) is 5.56 Å². The van der Waals surface area contributed by atoms with Gasteiger partial charge < -0.3 is 8.83 Å². The van der Waals surface area contributed by atoms with Crippen LogP contribution in [0.2, 0.25) is 0 Å². The molecule has 0 fully saturated rings. The molecular weight excluding hydrogens is 273 g/mol. The van der Waals surface area contributed by atoms with Gasteiger partial charge in [0.15, 0.2) is 5.76 Å². The summed E-state index contributed by atoms with van der Waals surface area (Å²) in [5, 5.41) is 7.32. The predicted octanol–water partition coefficient (Wildman–Crippen LogP) is 4.02. The third-order valence-corrected chi connectivity index (χ3v) is 2.62. The van der Waals surface area contributed by atoms with Gasteiger partial charge in [-0.25, -0.2) is 0 Å². The summed E-state index contributed by atoms with van der Waals surface area (Å²) in [6, 6.07) is 8.21. The molecule has 3 rings (SSSR count). The van der Waals surface area contributed by atoms with Crippen molar-refractivity contribution in [1.82, 2.24) is 10.2 Å². The van der Waals surface area contributed by atoms with Gasteiger partial charge in [-0.3, -0.25) is 0 Å². The Hall–Kier alpha value is -2.57. The number of hydrogen-bond acceptors (Lipinski definition) is 4. The minimum atomic E-state index is -4.49. The second-order valence-electron chi connectivity index (χ2n) is 3.93. The van der Waals surface area contributed by atoms with E-state index in [0.717, 1.165) is 6.07 Å². The number of halogens is 3. The lowest BCUT2D eigenvalue weighted by molar-refractivity contribution is -0.137. The van der Waals surface area contributed by atoms with Gasteiger partial charge in [-0.15, -0.1) is 10.2 Å². The first kappa shape index (κ1) is 12.5. The summed E-state index contributed by atoms with van der Waals surface area (Å²) in [7, 11) is 0. The Bertz CT molecular complexity index is 717. The molecule has 0 spiro atoms. The molecule has 3 aromatic rings. The van der Waals surface area contributed by atoms with Crippen molar-refractivity contribution in [2.24, 2.45) is 0 Å². The molecule has 0 saturated heterocycles. The van der Waals surface area contributed by atoms with Crippen molar-refractivity contribution in [3.05, 3.63) is 48.2 Å². The van der Waals surface area contributed by atoms with Gasteiger partial charge in [0.1, 0.15) is 0 Å². The zero-order valence-electron chi connectivity index (χ0n) is 9.89. The Morgan fingerprint density at radius 2 is 1.65 bits per heavy atom. The van der Waals surface area contributed by atoms with E-state index in [-0.39, 0.29) is 17.3 Å². The molecule has 7 heteroatoms. The summed E-state index contributed by atoms with van der Waals surface area (Å²) >= 11 is 0. The van der Waals surface area contributed by atoms with Crippen molar-refractivity contribution >= 4 is 0 Å². The van der Waals surface area contributed by atoms with E-state index in [1.807, 2.05) is 0 Å². The quantitative estimate of drug-likeness (QED) is 0.711. The van der Waals surface area contributed by atoms with Crippen LogP contribution >= 0.6 is 0 Å². The Balaban J connectivity index is 2.07. The van der Waals surface area contributed by atoms with E-state index in [1.54, 1.807) is 12.1 Å². The molecule has 4 nitrogen and oxygen atoms in total. The second kappa shape index (κ2) is 4.52. The molecule has 2 heterocycles. The summed E-state index contributed by atoms with van der Waals surface area (Å²) in [6.07, 6.45) is -3.08. The third-order valence-electron chi connectivity index (χ3n) is 2.62. The molecule has 1 aromatic carbocycles.